The van der Waals surface area contributed by atoms with Gasteiger partial charge in [-0.15, -0.1) is 28.1 Å². The summed E-state index contributed by atoms with van der Waals surface area (Å²) in [7, 11) is 15.4. The summed E-state index contributed by atoms with van der Waals surface area (Å²) >= 11 is 2.80. The van der Waals surface area contributed by atoms with Gasteiger partial charge in [0.25, 0.3) is 0 Å². The number of aliphatic hydroxyl groups is 3. The van der Waals surface area contributed by atoms with Gasteiger partial charge in [-0.3, -0.25) is 4.99 Å². The first kappa shape index (κ1) is 45.5. The number of aromatic hydroxyl groups is 3. The Balaban J connectivity index is 1.24. The largest absolute Gasteiger partial charge is 0.513 e. The van der Waals surface area contributed by atoms with Gasteiger partial charge in [0.05, 0.1) is 17.2 Å². The molecule has 67 heavy (non-hydrogen) atoms. The molecule has 0 aliphatic heterocycles. The van der Waals surface area contributed by atoms with Gasteiger partial charge >= 0.3 is 0 Å². The van der Waals surface area contributed by atoms with Crippen molar-refractivity contribution in [1.29, 1.82) is 0 Å². The minimum Gasteiger partial charge on any atom is -0.513 e. The number of nitrogens with zero attached hydrogens (tertiary/aromatic N) is 3. The van der Waals surface area contributed by atoms with Gasteiger partial charge in [-0.25, -0.2) is 9.98 Å². The predicted molar refractivity (Wildman–Crippen MR) is 304 cm³/mol. The molecule has 0 bridgehead atoms. The molecule has 2 aliphatic rings. The molecule has 0 spiro atoms. The summed E-state index contributed by atoms with van der Waals surface area (Å²) in [5.41, 5.74) is 14.4. The average molecular weight is 909 g/mol. The molecule has 2 heterocycles. The van der Waals surface area contributed by atoms with Crippen molar-refractivity contribution in [3.8, 4) is 39.5 Å². The Morgan fingerprint density at radius 2 is 1.21 bits per heavy atom. The number of benzene rings is 5. The van der Waals surface area contributed by atoms with Crippen LogP contribution in [0.2, 0.25) is 0 Å². The van der Waals surface area contributed by atoms with E-state index in [1.54, 1.807) is 15.7 Å². The number of amidine groups is 2. The lowest BCUT2D eigenvalue weighted by Crippen LogP contribution is -2.36. The minimum absolute atomic E-state index is 0.171. The van der Waals surface area contributed by atoms with Crippen LogP contribution in [0.25, 0.3) is 59.2 Å². The van der Waals surface area contributed by atoms with Gasteiger partial charge in [-0.2, -0.15) is 0 Å². The molecule has 2 aliphatic carbocycles. The number of rotatable bonds is 6. The van der Waals surface area contributed by atoms with Crippen LogP contribution in [0.1, 0.15) is 38.4 Å². The first-order chi connectivity index (χ1) is 32.0. The molecule has 7 aromatic rings. The van der Waals surface area contributed by atoms with Crippen LogP contribution < -0.4 is 21.9 Å². The zero-order valence-electron chi connectivity index (χ0n) is 38.7. The highest BCUT2D eigenvalue weighted by molar-refractivity contribution is 7.28. The third-order valence-corrected chi connectivity index (χ3v) is 16.4. The molecule has 0 radical (unpaired) electrons. The minimum atomic E-state index is -0.547. The van der Waals surface area contributed by atoms with Crippen molar-refractivity contribution >= 4 is 163 Å². The Labute approximate surface area is 403 Å². The molecule has 6 N–H and O–H groups in total. The molecule has 0 saturated carbocycles. The summed E-state index contributed by atoms with van der Waals surface area (Å²) in [4.78, 5) is 16.5. The summed E-state index contributed by atoms with van der Waals surface area (Å²) in [5, 5.41) is 68.2. The van der Waals surface area contributed by atoms with E-state index >= 15 is 0 Å². The lowest BCUT2D eigenvalue weighted by atomic mass is 9.71. The molecule has 0 amide bonds. The van der Waals surface area contributed by atoms with Crippen molar-refractivity contribution in [2.45, 2.75) is 19.4 Å². The van der Waals surface area contributed by atoms with Gasteiger partial charge in [0.2, 0.25) is 0 Å². The van der Waals surface area contributed by atoms with Gasteiger partial charge in [0.1, 0.15) is 62.8 Å². The Kier molecular flexibility index (Phi) is 11.9. The van der Waals surface area contributed by atoms with E-state index in [9.17, 15) is 30.6 Å². The summed E-state index contributed by atoms with van der Waals surface area (Å²) < 4.78 is 1.65. The molecule has 0 atom stereocenters. The van der Waals surface area contributed by atoms with Crippen LogP contribution in [0.3, 0.4) is 0 Å². The fraction of sp³-hybridized carbons (Fsp3) is 0.0625. The van der Waals surface area contributed by atoms with Crippen LogP contribution in [0, 0.1) is 0 Å². The second-order valence-electron chi connectivity index (χ2n) is 17.6. The molecule has 322 valence electrons. The standard InChI is InChI=1S/C48H43B8N3O6S2/c1-57-48(29-25(49)16-27(60)35(54)28-23-15-26(50)34(53)39(62)42(65)43(23)66-44(28)29)59-47(22-9-5-8-21(14-22)20-12-10-19(11-13-20)18-6-3-2-4-7-18)58-17-24-32(51)30-31-38(61)41(64)40(63)37(56)46(31)67-45(30)36(55)33(24)52/h2-14,60-65H,1,15-17,49-56H2/b58-47-,59-48-. The van der Waals surface area contributed by atoms with Crippen LogP contribution in [0.4, 0.5) is 0 Å². The number of phenolic OH excluding ortho intramolecular Hbond substituents is 3. The van der Waals surface area contributed by atoms with Gasteiger partial charge in [0, 0.05) is 37.2 Å². The van der Waals surface area contributed by atoms with E-state index in [2.05, 4.69) is 68.1 Å². The van der Waals surface area contributed by atoms with E-state index < -0.39 is 5.75 Å². The zero-order chi connectivity index (χ0) is 47.7. The fourth-order valence-electron chi connectivity index (χ4n) is 9.45. The first-order valence-corrected chi connectivity index (χ1v) is 23.6. The molecule has 0 fully saturated rings. The van der Waals surface area contributed by atoms with E-state index in [1.807, 2.05) is 69.6 Å². The first-order valence-electron chi connectivity index (χ1n) is 22.0. The molecule has 9 nitrogen and oxygen atoms in total. The van der Waals surface area contributed by atoms with Crippen LogP contribution in [0.15, 0.2) is 122 Å². The maximum atomic E-state index is 11.6. The van der Waals surface area contributed by atoms with E-state index in [0.29, 0.717) is 49.2 Å². The van der Waals surface area contributed by atoms with Crippen molar-refractivity contribution in [3.05, 3.63) is 139 Å². The number of thiophene rings is 2. The van der Waals surface area contributed by atoms with Crippen LogP contribution in [-0.2, 0) is 13.0 Å². The van der Waals surface area contributed by atoms with Crippen LogP contribution >= 0.6 is 22.7 Å². The van der Waals surface area contributed by atoms with Crippen LogP contribution in [0.5, 0.6) is 17.2 Å². The highest BCUT2D eigenvalue weighted by Gasteiger charge is 2.33. The number of aliphatic hydroxyl groups excluding tert-OH is 3. The molecule has 9 rings (SSSR count). The summed E-state index contributed by atoms with van der Waals surface area (Å²) in [5.74, 6) is -0.773. The van der Waals surface area contributed by atoms with Gasteiger partial charge in [-0.1, -0.05) is 100 Å². The molecule has 0 saturated heterocycles. The Morgan fingerprint density at radius 1 is 0.567 bits per heavy atom. The van der Waals surface area contributed by atoms with Crippen molar-refractivity contribution in [1.82, 2.24) is 0 Å². The third kappa shape index (κ3) is 7.58. The quantitative estimate of drug-likeness (QED) is 0.0627. The van der Waals surface area contributed by atoms with Crippen molar-refractivity contribution in [2.24, 2.45) is 15.0 Å². The lowest BCUT2D eigenvalue weighted by Gasteiger charge is -2.16. The van der Waals surface area contributed by atoms with Crippen LogP contribution in [-0.4, -0.2) is 112 Å². The SMILES string of the molecule is BC1=C(B)C(O)=C(O)c2sc3c(c2C1)C(B)=C(O)CC(B)=C3/C(N=C)=N/C(=N\Cc1c(B)c(B)c2sc3c(B)c(O)c(O)c(O)c3c2c1B)c1cccc(-c2ccc(-c3ccccc3)cc2)c1. The third-order valence-electron chi connectivity index (χ3n) is 13.7. The normalized spacial score (nSPS) is 14.7. The topological polar surface area (TPSA) is 158 Å². The number of hydrogen-bond acceptors (Lipinski definition) is 9. The summed E-state index contributed by atoms with van der Waals surface area (Å²) in [6.07, 6.45) is 0.692. The Hall–Kier alpha value is -6.69. The number of hydrogen-bond donors (Lipinski definition) is 6. The van der Waals surface area contributed by atoms with Gasteiger partial charge in [0.15, 0.2) is 40.4 Å². The van der Waals surface area contributed by atoms with E-state index in [4.69, 9.17) is 9.98 Å². The molecule has 19 heteroatoms. The summed E-state index contributed by atoms with van der Waals surface area (Å²) in [6, 6.07) is 26.7. The van der Waals surface area contributed by atoms with Crippen molar-refractivity contribution in [3.63, 3.8) is 0 Å². The Bertz CT molecular complexity index is 3500. The molecule has 0 unspecified atom stereocenters. The number of allylic oxidation sites excluding steroid dienone is 3. The van der Waals surface area contributed by atoms with Crippen molar-refractivity contribution in [2.75, 3.05) is 0 Å². The predicted octanol–water partition coefficient (Wildman–Crippen LogP) is 0.773. The molecule has 2 aromatic heterocycles. The summed E-state index contributed by atoms with van der Waals surface area (Å²) in [6.45, 7) is 4.23. The highest BCUT2D eigenvalue weighted by atomic mass is 32.1. The number of aliphatic imine (C=N–C) groups is 3. The smallest absolute Gasteiger partial charge is 0.200 e. The molecule has 5 aromatic carbocycles. The maximum Gasteiger partial charge on any atom is 0.200 e. The monoisotopic (exact) mass is 909 g/mol. The van der Waals surface area contributed by atoms with E-state index in [-0.39, 0.29) is 47.6 Å². The lowest BCUT2D eigenvalue weighted by molar-refractivity contribution is 0.373. The Morgan fingerprint density at radius 3 is 1.90 bits per heavy atom. The molecular weight excluding hydrogens is 865 g/mol. The average Bonchev–Trinajstić information content (AvgIpc) is 3.88. The number of fused-ring (bicyclic) bond motifs is 6. The second-order valence-corrected chi connectivity index (χ2v) is 19.6. The van der Waals surface area contributed by atoms with E-state index in [0.717, 1.165) is 86.8 Å². The van der Waals surface area contributed by atoms with E-state index in [1.165, 1.54) is 22.7 Å². The second kappa shape index (κ2) is 17.5. The maximum absolute atomic E-state index is 11.6. The van der Waals surface area contributed by atoms with Crippen molar-refractivity contribution < 1.29 is 30.6 Å². The number of phenols is 3. The fourth-order valence-corrected chi connectivity index (χ4v) is 12.3. The molecular formula is C48H43B8N3O6S2. The van der Waals surface area contributed by atoms with Gasteiger partial charge < -0.3 is 30.6 Å². The highest BCUT2D eigenvalue weighted by Crippen LogP contribution is 2.48. The zero-order valence-corrected chi connectivity index (χ0v) is 40.3. The van der Waals surface area contributed by atoms with Gasteiger partial charge in [-0.05, 0) is 74.5 Å².